The van der Waals surface area contributed by atoms with Crippen molar-refractivity contribution in [3.8, 4) is 0 Å². The van der Waals surface area contributed by atoms with Gasteiger partial charge in [-0.05, 0) is 38.9 Å². The minimum Gasteiger partial charge on any atom is -0.351 e. The second-order valence-electron chi connectivity index (χ2n) is 6.09. The predicted octanol–water partition coefficient (Wildman–Crippen LogP) is 2.19. The zero-order chi connectivity index (χ0) is 15.1. The first-order chi connectivity index (χ1) is 10.1. The lowest BCUT2D eigenvalue weighted by atomic mass is 10.0. The van der Waals surface area contributed by atoms with E-state index in [1.54, 1.807) is 0 Å². The molecular weight excluding hydrogens is 298 g/mol. The number of piperidine rings is 1. The molecule has 1 aromatic carbocycles. The van der Waals surface area contributed by atoms with Gasteiger partial charge in [-0.2, -0.15) is 0 Å². The molecule has 1 aliphatic heterocycles. The van der Waals surface area contributed by atoms with Crippen LogP contribution in [0.2, 0.25) is 0 Å². The van der Waals surface area contributed by atoms with Gasteiger partial charge in [0.25, 0.3) is 0 Å². The molecule has 124 valence electrons. The molecular formula is C17H28ClN3O. The molecule has 1 amide bonds. The van der Waals surface area contributed by atoms with E-state index in [9.17, 15) is 4.79 Å². The van der Waals surface area contributed by atoms with Crippen molar-refractivity contribution >= 4 is 18.3 Å². The molecule has 0 saturated carbocycles. The van der Waals surface area contributed by atoms with Crippen LogP contribution < -0.4 is 10.6 Å². The number of nitrogens with one attached hydrogen (secondary N) is 2. The minimum atomic E-state index is 0. The molecule has 1 aromatic rings. The van der Waals surface area contributed by atoms with Gasteiger partial charge in [-0.15, -0.1) is 12.4 Å². The van der Waals surface area contributed by atoms with E-state index in [1.165, 1.54) is 12.0 Å². The summed E-state index contributed by atoms with van der Waals surface area (Å²) in [5.74, 6) is 0.148. The highest BCUT2D eigenvalue weighted by Gasteiger charge is 2.21. The fraction of sp³-hybridized carbons (Fsp3) is 0.588. The van der Waals surface area contributed by atoms with Crippen LogP contribution in [-0.2, 0) is 11.3 Å². The monoisotopic (exact) mass is 325 g/mol. The first-order valence-corrected chi connectivity index (χ1v) is 7.91. The van der Waals surface area contributed by atoms with E-state index in [0.29, 0.717) is 0 Å². The first-order valence-electron chi connectivity index (χ1n) is 7.91. The maximum Gasteiger partial charge on any atom is 0.237 e. The fourth-order valence-corrected chi connectivity index (χ4v) is 2.89. The zero-order valence-electron chi connectivity index (χ0n) is 13.5. The molecule has 2 N–H and O–H groups in total. The Kier molecular flexibility index (Phi) is 8.46. The van der Waals surface area contributed by atoms with Crippen molar-refractivity contribution in [3.05, 3.63) is 35.9 Å². The quantitative estimate of drug-likeness (QED) is 0.842. The van der Waals surface area contributed by atoms with E-state index in [-0.39, 0.29) is 30.4 Å². The third kappa shape index (κ3) is 6.34. The first kappa shape index (κ1) is 18.9. The predicted molar refractivity (Wildman–Crippen MR) is 93.3 cm³/mol. The molecule has 2 atom stereocenters. The van der Waals surface area contributed by atoms with Gasteiger partial charge >= 0.3 is 0 Å². The highest BCUT2D eigenvalue weighted by atomic mass is 35.5. The third-order valence-electron chi connectivity index (χ3n) is 3.90. The van der Waals surface area contributed by atoms with Crippen molar-refractivity contribution in [1.29, 1.82) is 0 Å². The van der Waals surface area contributed by atoms with E-state index in [4.69, 9.17) is 0 Å². The summed E-state index contributed by atoms with van der Waals surface area (Å²) in [7, 11) is 2.09. The molecule has 0 spiro atoms. The van der Waals surface area contributed by atoms with Crippen LogP contribution in [0.3, 0.4) is 0 Å². The largest absolute Gasteiger partial charge is 0.351 e. The van der Waals surface area contributed by atoms with E-state index >= 15 is 0 Å². The Labute approximate surface area is 140 Å². The van der Waals surface area contributed by atoms with Gasteiger partial charge in [-0.1, -0.05) is 36.8 Å². The molecule has 0 bridgehead atoms. The Morgan fingerprint density at radius 1 is 1.36 bits per heavy atom. The Morgan fingerprint density at radius 2 is 2.09 bits per heavy atom. The summed E-state index contributed by atoms with van der Waals surface area (Å²) in [5, 5.41) is 6.41. The van der Waals surface area contributed by atoms with E-state index in [2.05, 4.69) is 53.8 Å². The zero-order valence-corrected chi connectivity index (χ0v) is 14.4. The van der Waals surface area contributed by atoms with E-state index < -0.39 is 0 Å². The molecule has 1 unspecified atom stereocenters. The number of benzene rings is 1. The SMILES string of the molecule is CC(CN(C)Cc1ccccc1)NC(=O)[C@@H]1CCCCN1.Cl. The molecule has 22 heavy (non-hydrogen) atoms. The van der Waals surface area contributed by atoms with Crippen molar-refractivity contribution in [3.63, 3.8) is 0 Å². The van der Waals surface area contributed by atoms with Crippen LogP contribution in [0.5, 0.6) is 0 Å². The van der Waals surface area contributed by atoms with Gasteiger partial charge in [0.05, 0.1) is 6.04 Å². The molecule has 0 aromatic heterocycles. The van der Waals surface area contributed by atoms with Gasteiger partial charge in [0.2, 0.25) is 5.91 Å². The molecule has 2 rings (SSSR count). The topological polar surface area (TPSA) is 44.4 Å². The van der Waals surface area contributed by atoms with Gasteiger partial charge in [0.1, 0.15) is 0 Å². The number of carbonyl (C=O) groups is 1. The van der Waals surface area contributed by atoms with Crippen molar-refractivity contribution in [2.24, 2.45) is 0 Å². The van der Waals surface area contributed by atoms with Gasteiger partial charge in [0.15, 0.2) is 0 Å². The standard InChI is InChI=1S/C17H27N3O.ClH/c1-14(19-17(21)16-10-6-7-11-18-16)12-20(2)13-15-8-4-3-5-9-15;/h3-5,8-9,14,16,18H,6-7,10-13H2,1-2H3,(H,19,21);1H/t14?,16-;/m0./s1. The molecule has 1 heterocycles. The number of nitrogens with zero attached hydrogens (tertiary/aromatic N) is 1. The highest BCUT2D eigenvalue weighted by Crippen LogP contribution is 2.07. The average Bonchev–Trinajstić information content (AvgIpc) is 2.48. The minimum absolute atomic E-state index is 0. The molecule has 1 saturated heterocycles. The van der Waals surface area contributed by atoms with Crippen molar-refractivity contribution in [2.75, 3.05) is 20.1 Å². The number of hydrogen-bond acceptors (Lipinski definition) is 3. The Balaban J connectivity index is 0.00000242. The van der Waals surface area contributed by atoms with Crippen LogP contribution >= 0.6 is 12.4 Å². The number of amides is 1. The van der Waals surface area contributed by atoms with Gasteiger partial charge in [-0.25, -0.2) is 0 Å². The van der Waals surface area contributed by atoms with Crippen LogP contribution in [0.25, 0.3) is 0 Å². The molecule has 1 fully saturated rings. The van der Waals surface area contributed by atoms with Crippen LogP contribution in [-0.4, -0.2) is 43.0 Å². The maximum atomic E-state index is 12.2. The average molecular weight is 326 g/mol. The van der Waals surface area contributed by atoms with Crippen molar-refractivity contribution < 1.29 is 4.79 Å². The van der Waals surface area contributed by atoms with E-state index in [0.717, 1.165) is 32.5 Å². The summed E-state index contributed by atoms with van der Waals surface area (Å²) >= 11 is 0. The fourth-order valence-electron chi connectivity index (χ4n) is 2.89. The summed E-state index contributed by atoms with van der Waals surface area (Å²) in [6, 6.07) is 10.6. The Bertz CT molecular complexity index is 435. The van der Waals surface area contributed by atoms with Crippen LogP contribution in [0, 0.1) is 0 Å². The lowest BCUT2D eigenvalue weighted by Gasteiger charge is -2.26. The number of halogens is 1. The molecule has 0 aliphatic carbocycles. The highest BCUT2D eigenvalue weighted by molar-refractivity contribution is 5.85. The molecule has 5 heteroatoms. The number of rotatable bonds is 6. The normalized spacial score (nSPS) is 19.3. The van der Waals surface area contributed by atoms with Crippen LogP contribution in [0.1, 0.15) is 31.7 Å². The van der Waals surface area contributed by atoms with Crippen molar-refractivity contribution in [1.82, 2.24) is 15.5 Å². The lowest BCUT2D eigenvalue weighted by Crippen LogP contribution is -2.50. The number of carbonyl (C=O) groups excluding carboxylic acids is 1. The number of likely N-dealkylation sites (N-methyl/N-ethyl adjacent to an activating group) is 1. The van der Waals surface area contributed by atoms with Gasteiger partial charge in [0, 0.05) is 19.1 Å². The third-order valence-corrected chi connectivity index (χ3v) is 3.90. The van der Waals surface area contributed by atoms with Crippen molar-refractivity contribution in [2.45, 2.75) is 44.8 Å². The second-order valence-corrected chi connectivity index (χ2v) is 6.09. The Hall–Kier alpha value is -1.10. The number of hydrogen-bond donors (Lipinski definition) is 2. The summed E-state index contributed by atoms with van der Waals surface area (Å²) in [5.41, 5.74) is 1.30. The van der Waals surface area contributed by atoms with Crippen LogP contribution in [0.4, 0.5) is 0 Å². The molecule has 1 aliphatic rings. The summed E-state index contributed by atoms with van der Waals surface area (Å²) in [4.78, 5) is 14.4. The van der Waals surface area contributed by atoms with Gasteiger partial charge in [-0.3, -0.25) is 4.79 Å². The summed E-state index contributed by atoms with van der Waals surface area (Å²) in [6.07, 6.45) is 3.28. The smallest absolute Gasteiger partial charge is 0.237 e. The molecule has 4 nitrogen and oxygen atoms in total. The summed E-state index contributed by atoms with van der Waals surface area (Å²) < 4.78 is 0. The lowest BCUT2D eigenvalue weighted by molar-refractivity contribution is -0.124. The molecule has 0 radical (unpaired) electrons. The van der Waals surface area contributed by atoms with Gasteiger partial charge < -0.3 is 15.5 Å². The Morgan fingerprint density at radius 3 is 2.73 bits per heavy atom. The second kappa shape index (κ2) is 9.82. The summed E-state index contributed by atoms with van der Waals surface area (Å²) in [6.45, 7) is 4.79. The maximum absolute atomic E-state index is 12.2. The van der Waals surface area contributed by atoms with Crippen LogP contribution in [0.15, 0.2) is 30.3 Å². The van der Waals surface area contributed by atoms with E-state index in [1.807, 2.05) is 6.07 Å².